The number of amides is 2. The van der Waals surface area contributed by atoms with Gasteiger partial charge < -0.3 is 10.1 Å². The Labute approximate surface area is 125 Å². The number of piperidine rings is 1. The van der Waals surface area contributed by atoms with Crippen LogP contribution in [0.1, 0.15) is 32.3 Å². The molecule has 1 aromatic carbocycles. The molecular weight excluding hydrogens is 268 g/mol. The first-order valence-electron chi connectivity index (χ1n) is 7.26. The highest BCUT2D eigenvalue weighted by Gasteiger charge is 2.31. The normalized spacial score (nSPS) is 19.2. The summed E-state index contributed by atoms with van der Waals surface area (Å²) in [4.78, 5) is 24.6. The van der Waals surface area contributed by atoms with Crippen LogP contribution in [0.15, 0.2) is 24.3 Å². The van der Waals surface area contributed by atoms with Gasteiger partial charge >= 0.3 is 0 Å². The minimum absolute atomic E-state index is 0.103. The van der Waals surface area contributed by atoms with Gasteiger partial charge in [-0.3, -0.25) is 14.5 Å². The topological polar surface area (TPSA) is 58.6 Å². The molecule has 1 heterocycles. The molecule has 1 aliphatic rings. The number of hydrogen-bond acceptors (Lipinski definition) is 4. The summed E-state index contributed by atoms with van der Waals surface area (Å²) in [6.45, 7) is 4.57. The van der Waals surface area contributed by atoms with Crippen LogP contribution in [0.3, 0.4) is 0 Å². The van der Waals surface area contributed by atoms with Crippen molar-refractivity contribution >= 4 is 11.8 Å². The monoisotopic (exact) mass is 290 g/mol. The van der Waals surface area contributed by atoms with Crippen LogP contribution < -0.4 is 10.1 Å². The van der Waals surface area contributed by atoms with Gasteiger partial charge in [0.15, 0.2) is 0 Å². The van der Waals surface area contributed by atoms with Crippen molar-refractivity contribution in [2.45, 2.75) is 45.4 Å². The summed E-state index contributed by atoms with van der Waals surface area (Å²) >= 11 is 0. The maximum atomic E-state index is 12.0. The smallest absolute Gasteiger partial charge is 0.246 e. The summed E-state index contributed by atoms with van der Waals surface area (Å²) in [5.41, 5.74) is 1.08. The van der Waals surface area contributed by atoms with Crippen LogP contribution in [-0.4, -0.2) is 35.9 Å². The van der Waals surface area contributed by atoms with Gasteiger partial charge in [-0.2, -0.15) is 0 Å². The first-order valence-corrected chi connectivity index (χ1v) is 7.26. The lowest BCUT2D eigenvalue weighted by Gasteiger charge is -2.28. The SMILES string of the molecule is CC(C)Oc1ccc(CNC2CCC(=O)N(C)C2=O)cc1. The first kappa shape index (κ1) is 15.5. The summed E-state index contributed by atoms with van der Waals surface area (Å²) in [5.74, 6) is 0.590. The molecule has 0 bridgehead atoms. The third kappa shape index (κ3) is 4.04. The summed E-state index contributed by atoms with van der Waals surface area (Å²) in [5, 5.41) is 3.21. The zero-order chi connectivity index (χ0) is 15.4. The van der Waals surface area contributed by atoms with E-state index >= 15 is 0 Å². The molecule has 5 heteroatoms. The Balaban J connectivity index is 1.88. The van der Waals surface area contributed by atoms with Gasteiger partial charge in [-0.1, -0.05) is 12.1 Å². The fraction of sp³-hybridized carbons (Fsp3) is 0.500. The van der Waals surface area contributed by atoms with E-state index in [1.165, 1.54) is 11.9 Å². The van der Waals surface area contributed by atoms with Crippen molar-refractivity contribution in [2.75, 3.05) is 7.05 Å². The van der Waals surface area contributed by atoms with E-state index in [9.17, 15) is 9.59 Å². The van der Waals surface area contributed by atoms with Gasteiger partial charge in [0.25, 0.3) is 0 Å². The van der Waals surface area contributed by atoms with Crippen LogP contribution in [-0.2, 0) is 16.1 Å². The van der Waals surface area contributed by atoms with Crippen molar-refractivity contribution in [3.8, 4) is 5.75 Å². The zero-order valence-electron chi connectivity index (χ0n) is 12.8. The Bertz CT molecular complexity index is 511. The van der Waals surface area contributed by atoms with E-state index in [4.69, 9.17) is 4.74 Å². The second kappa shape index (κ2) is 6.72. The van der Waals surface area contributed by atoms with Crippen LogP contribution in [0.2, 0.25) is 0 Å². The van der Waals surface area contributed by atoms with Crippen molar-refractivity contribution in [3.63, 3.8) is 0 Å². The van der Waals surface area contributed by atoms with Crippen molar-refractivity contribution in [1.29, 1.82) is 0 Å². The van der Waals surface area contributed by atoms with E-state index in [1.54, 1.807) is 0 Å². The Kier molecular flexibility index (Phi) is 4.96. The molecule has 1 fully saturated rings. The highest BCUT2D eigenvalue weighted by molar-refractivity contribution is 6.00. The van der Waals surface area contributed by atoms with Crippen LogP contribution in [0, 0.1) is 0 Å². The highest BCUT2D eigenvalue weighted by atomic mass is 16.5. The van der Waals surface area contributed by atoms with E-state index < -0.39 is 0 Å². The number of nitrogens with zero attached hydrogens (tertiary/aromatic N) is 1. The number of rotatable bonds is 5. The van der Waals surface area contributed by atoms with E-state index in [1.807, 2.05) is 38.1 Å². The van der Waals surface area contributed by atoms with Crippen LogP contribution >= 0.6 is 0 Å². The lowest BCUT2D eigenvalue weighted by molar-refractivity contribution is -0.148. The lowest BCUT2D eigenvalue weighted by atomic mass is 10.0. The zero-order valence-corrected chi connectivity index (χ0v) is 12.8. The molecule has 1 aliphatic heterocycles. The molecule has 1 saturated heterocycles. The predicted octanol–water partition coefficient (Wildman–Crippen LogP) is 1.71. The standard InChI is InChI=1S/C16H22N2O3/c1-11(2)21-13-6-4-12(5-7-13)10-17-14-8-9-15(19)18(3)16(14)20/h4-7,11,14,17H,8-10H2,1-3H3. The van der Waals surface area contributed by atoms with E-state index in [2.05, 4.69) is 5.32 Å². The number of carbonyl (C=O) groups is 2. The van der Waals surface area contributed by atoms with Gasteiger partial charge in [0.2, 0.25) is 11.8 Å². The number of benzene rings is 1. The Morgan fingerprint density at radius 3 is 2.57 bits per heavy atom. The van der Waals surface area contributed by atoms with Gasteiger partial charge in [0.05, 0.1) is 12.1 Å². The minimum Gasteiger partial charge on any atom is -0.491 e. The average Bonchev–Trinajstić information content (AvgIpc) is 2.45. The van der Waals surface area contributed by atoms with Crippen LogP contribution in [0.4, 0.5) is 0 Å². The highest BCUT2D eigenvalue weighted by Crippen LogP contribution is 2.15. The molecule has 0 spiro atoms. The van der Waals surface area contributed by atoms with Crippen LogP contribution in [0.25, 0.3) is 0 Å². The molecule has 114 valence electrons. The maximum absolute atomic E-state index is 12.0. The van der Waals surface area contributed by atoms with Gasteiger partial charge in [-0.15, -0.1) is 0 Å². The largest absolute Gasteiger partial charge is 0.491 e. The third-order valence-corrected chi connectivity index (χ3v) is 3.50. The molecule has 0 aromatic heterocycles. The van der Waals surface area contributed by atoms with Gasteiger partial charge in [-0.25, -0.2) is 0 Å². The molecule has 0 radical (unpaired) electrons. The fourth-order valence-corrected chi connectivity index (χ4v) is 2.30. The summed E-state index contributed by atoms with van der Waals surface area (Å²) < 4.78 is 5.59. The second-order valence-corrected chi connectivity index (χ2v) is 5.57. The molecule has 5 nitrogen and oxygen atoms in total. The van der Waals surface area contributed by atoms with Crippen molar-refractivity contribution in [3.05, 3.63) is 29.8 Å². The fourth-order valence-electron chi connectivity index (χ4n) is 2.30. The van der Waals surface area contributed by atoms with E-state index in [0.717, 1.165) is 11.3 Å². The van der Waals surface area contributed by atoms with E-state index in [-0.39, 0.29) is 24.0 Å². The molecule has 1 N–H and O–H groups in total. The molecule has 1 atom stereocenters. The number of likely N-dealkylation sites (tertiary alicyclic amines) is 1. The molecule has 0 aliphatic carbocycles. The molecular formula is C16H22N2O3. The first-order chi connectivity index (χ1) is 9.97. The third-order valence-electron chi connectivity index (χ3n) is 3.50. The molecule has 2 amide bonds. The van der Waals surface area contributed by atoms with E-state index in [0.29, 0.717) is 19.4 Å². The minimum atomic E-state index is -0.278. The quantitative estimate of drug-likeness (QED) is 0.839. The van der Waals surface area contributed by atoms with Crippen LogP contribution in [0.5, 0.6) is 5.75 Å². The second-order valence-electron chi connectivity index (χ2n) is 5.57. The summed E-state index contributed by atoms with van der Waals surface area (Å²) in [7, 11) is 1.54. The van der Waals surface area contributed by atoms with Gasteiger partial charge in [-0.05, 0) is 38.0 Å². The van der Waals surface area contributed by atoms with Gasteiger partial charge in [0, 0.05) is 20.0 Å². The molecule has 2 rings (SSSR count). The predicted molar refractivity (Wildman–Crippen MR) is 79.8 cm³/mol. The maximum Gasteiger partial charge on any atom is 0.246 e. The van der Waals surface area contributed by atoms with Crippen molar-refractivity contribution in [2.24, 2.45) is 0 Å². The van der Waals surface area contributed by atoms with Gasteiger partial charge in [0.1, 0.15) is 5.75 Å². The molecule has 1 aromatic rings. The molecule has 21 heavy (non-hydrogen) atoms. The summed E-state index contributed by atoms with van der Waals surface area (Å²) in [6.07, 6.45) is 1.14. The van der Waals surface area contributed by atoms with Crippen molar-refractivity contribution < 1.29 is 14.3 Å². The number of likely N-dealkylation sites (N-methyl/N-ethyl adjacent to an activating group) is 1. The number of hydrogen-bond donors (Lipinski definition) is 1. The Hall–Kier alpha value is -1.88. The molecule has 0 saturated carbocycles. The number of ether oxygens (including phenoxy) is 1. The molecule has 1 unspecified atom stereocenters. The number of nitrogens with one attached hydrogen (secondary N) is 1. The summed E-state index contributed by atoms with van der Waals surface area (Å²) in [6, 6.07) is 7.53. The van der Waals surface area contributed by atoms with Crippen molar-refractivity contribution in [1.82, 2.24) is 10.2 Å². The number of carbonyl (C=O) groups excluding carboxylic acids is 2. The number of imide groups is 1. The average molecular weight is 290 g/mol. The Morgan fingerprint density at radius 1 is 1.29 bits per heavy atom. The lowest BCUT2D eigenvalue weighted by Crippen LogP contribution is -2.51. The Morgan fingerprint density at radius 2 is 1.95 bits per heavy atom.